The fourth-order valence-corrected chi connectivity index (χ4v) is 3.64. The minimum absolute atomic E-state index is 0.0608. The molecule has 176 valence electrons. The Morgan fingerprint density at radius 2 is 1.76 bits per heavy atom. The van der Waals surface area contributed by atoms with Gasteiger partial charge in [0.15, 0.2) is 0 Å². The van der Waals surface area contributed by atoms with Gasteiger partial charge < -0.3 is 9.47 Å². The fraction of sp³-hybridized carbons (Fsp3) is 0.267. The number of aromatic nitrogens is 1. The summed E-state index contributed by atoms with van der Waals surface area (Å²) in [6.07, 6.45) is 10.3. The van der Waals surface area contributed by atoms with Crippen LogP contribution in [0.4, 0.5) is 0 Å². The molecule has 3 rings (SSSR count). The van der Waals surface area contributed by atoms with Crippen molar-refractivity contribution in [2.75, 3.05) is 6.61 Å². The van der Waals surface area contributed by atoms with Crippen molar-refractivity contribution >= 4 is 16.7 Å². The van der Waals surface area contributed by atoms with Gasteiger partial charge in [-0.1, -0.05) is 68.5 Å². The van der Waals surface area contributed by atoms with Gasteiger partial charge in [-0.25, -0.2) is 4.98 Å². The number of ether oxygens (including phenoxy) is 2. The second-order valence-corrected chi connectivity index (χ2v) is 8.25. The Morgan fingerprint density at radius 1 is 1.03 bits per heavy atom. The van der Waals surface area contributed by atoms with Gasteiger partial charge in [-0.3, -0.25) is 4.79 Å². The smallest absolute Gasteiger partial charge is 0.133 e. The molecule has 0 saturated heterocycles. The number of nitrogens with zero attached hydrogens (tertiary/aromatic N) is 1. The summed E-state index contributed by atoms with van der Waals surface area (Å²) in [4.78, 5) is 16.5. The van der Waals surface area contributed by atoms with E-state index in [1.807, 2.05) is 66.7 Å². The topological polar surface area (TPSA) is 48.4 Å². The molecule has 0 N–H and O–H groups in total. The van der Waals surface area contributed by atoms with Gasteiger partial charge >= 0.3 is 0 Å². The summed E-state index contributed by atoms with van der Waals surface area (Å²) in [5, 5.41) is 1.12. The van der Waals surface area contributed by atoms with Crippen LogP contribution in [0.25, 0.3) is 10.9 Å². The molecule has 0 aliphatic carbocycles. The van der Waals surface area contributed by atoms with Gasteiger partial charge in [-0.15, -0.1) is 0 Å². The zero-order valence-corrected chi connectivity index (χ0v) is 20.1. The Labute approximate surface area is 202 Å². The third-order valence-corrected chi connectivity index (χ3v) is 5.60. The van der Waals surface area contributed by atoms with Crippen molar-refractivity contribution in [3.05, 3.63) is 103 Å². The van der Waals surface area contributed by atoms with Crippen LogP contribution in [0.1, 0.15) is 38.8 Å². The minimum Gasteiger partial charge on any atom is -0.489 e. The van der Waals surface area contributed by atoms with Crippen LogP contribution in [0, 0.1) is 5.92 Å². The molecule has 4 nitrogen and oxygen atoms in total. The Hall–Kier alpha value is -3.66. The maximum atomic E-state index is 11.9. The van der Waals surface area contributed by atoms with Crippen molar-refractivity contribution in [1.82, 2.24) is 4.98 Å². The average Bonchev–Trinajstić information content (AvgIpc) is 2.86. The quantitative estimate of drug-likeness (QED) is 0.255. The van der Waals surface area contributed by atoms with Crippen molar-refractivity contribution in [3.63, 3.8) is 0 Å². The molecule has 1 aromatic heterocycles. The van der Waals surface area contributed by atoms with Crippen molar-refractivity contribution in [2.45, 2.75) is 39.7 Å². The third kappa shape index (κ3) is 7.73. The fourth-order valence-electron chi connectivity index (χ4n) is 3.64. The number of rotatable bonds is 13. The summed E-state index contributed by atoms with van der Waals surface area (Å²) in [7, 11) is 0. The second-order valence-electron chi connectivity index (χ2n) is 8.25. The number of carbonyl (C=O) groups is 1. The van der Waals surface area contributed by atoms with Crippen LogP contribution in [0.5, 0.6) is 11.5 Å². The summed E-state index contributed by atoms with van der Waals surface area (Å²) in [5.41, 5.74) is 2.87. The van der Waals surface area contributed by atoms with Gasteiger partial charge in [-0.2, -0.15) is 0 Å². The number of carbonyl (C=O) groups excluding carboxylic acids is 1. The van der Waals surface area contributed by atoms with Crippen LogP contribution < -0.4 is 9.47 Å². The highest BCUT2D eigenvalue weighted by atomic mass is 16.5. The zero-order chi connectivity index (χ0) is 24.2. The lowest BCUT2D eigenvalue weighted by molar-refractivity contribution is -0.120. The lowest BCUT2D eigenvalue weighted by Gasteiger charge is -2.12. The Kier molecular flexibility index (Phi) is 9.65. The monoisotopic (exact) mass is 455 g/mol. The van der Waals surface area contributed by atoms with E-state index in [0.29, 0.717) is 13.2 Å². The standard InChI is InChI=1S/C30H33NO3/c1-4-6-10-24(13-14-25(9-5-2)23(3)32)21-33-28-17-19-29(20-18-28)34-22-27-16-15-26-11-7-8-12-30(26)31-27/h4,6-8,10-13,15-20,25H,1,5,9,14,21-22H2,2-3H3/b10-6-,24-13-. The highest BCUT2D eigenvalue weighted by Gasteiger charge is 2.11. The van der Waals surface area contributed by atoms with E-state index in [2.05, 4.69) is 30.6 Å². The maximum absolute atomic E-state index is 11.9. The maximum Gasteiger partial charge on any atom is 0.133 e. The van der Waals surface area contributed by atoms with Crippen LogP contribution >= 0.6 is 0 Å². The first-order valence-electron chi connectivity index (χ1n) is 11.8. The Bertz CT molecular complexity index is 1150. The van der Waals surface area contributed by atoms with E-state index in [-0.39, 0.29) is 11.7 Å². The molecule has 2 aromatic carbocycles. The molecule has 0 amide bonds. The van der Waals surface area contributed by atoms with Gasteiger partial charge in [0.1, 0.15) is 30.5 Å². The summed E-state index contributed by atoms with van der Waals surface area (Å²) in [6.45, 7) is 8.34. The molecule has 3 aromatic rings. The molecule has 0 fully saturated rings. The van der Waals surface area contributed by atoms with Crippen LogP contribution in [-0.2, 0) is 11.4 Å². The number of benzene rings is 2. The molecule has 1 atom stereocenters. The molecular weight excluding hydrogens is 422 g/mol. The molecule has 34 heavy (non-hydrogen) atoms. The van der Waals surface area contributed by atoms with E-state index >= 15 is 0 Å². The number of allylic oxidation sites excluding steroid dienone is 3. The van der Waals surface area contributed by atoms with Crippen molar-refractivity contribution in [1.29, 1.82) is 0 Å². The lowest BCUT2D eigenvalue weighted by Crippen LogP contribution is -2.10. The molecule has 0 aliphatic rings. The number of pyridine rings is 1. The Balaban J connectivity index is 1.56. The highest BCUT2D eigenvalue weighted by Crippen LogP contribution is 2.21. The number of para-hydroxylation sites is 1. The SMILES string of the molecule is C=C/C=C\C(=C\CC(CCC)C(C)=O)COc1ccc(OCc2ccc3ccccc3n2)cc1. The zero-order valence-electron chi connectivity index (χ0n) is 20.1. The predicted octanol–water partition coefficient (Wildman–Crippen LogP) is 7.26. The van der Waals surface area contributed by atoms with E-state index in [0.717, 1.165) is 52.9 Å². The molecule has 4 heteroatoms. The third-order valence-electron chi connectivity index (χ3n) is 5.60. The summed E-state index contributed by atoms with van der Waals surface area (Å²) < 4.78 is 11.9. The Morgan fingerprint density at radius 3 is 2.47 bits per heavy atom. The number of hydrogen-bond donors (Lipinski definition) is 0. The van der Waals surface area contributed by atoms with Crippen LogP contribution in [0.2, 0.25) is 0 Å². The van der Waals surface area contributed by atoms with E-state index in [1.54, 1.807) is 13.0 Å². The lowest BCUT2D eigenvalue weighted by atomic mass is 9.95. The van der Waals surface area contributed by atoms with Gasteiger partial charge in [0, 0.05) is 11.3 Å². The molecule has 1 heterocycles. The van der Waals surface area contributed by atoms with Gasteiger partial charge in [0.25, 0.3) is 0 Å². The molecule has 0 saturated carbocycles. The van der Waals surface area contributed by atoms with Gasteiger partial charge in [0.2, 0.25) is 0 Å². The number of ketones is 1. The molecule has 0 spiro atoms. The predicted molar refractivity (Wildman–Crippen MR) is 139 cm³/mol. The highest BCUT2D eigenvalue weighted by molar-refractivity contribution is 5.78. The van der Waals surface area contributed by atoms with Gasteiger partial charge in [-0.05, 0) is 61.7 Å². The first kappa shape index (κ1) is 25.0. The van der Waals surface area contributed by atoms with Gasteiger partial charge in [0.05, 0.1) is 11.2 Å². The molecule has 0 bridgehead atoms. The average molecular weight is 456 g/mol. The molecule has 0 radical (unpaired) electrons. The molecular formula is C30H33NO3. The normalized spacial score (nSPS) is 12.6. The largest absolute Gasteiger partial charge is 0.489 e. The van der Waals surface area contributed by atoms with Crippen molar-refractivity contribution < 1.29 is 14.3 Å². The molecule has 1 unspecified atom stereocenters. The second kappa shape index (κ2) is 13.1. The summed E-state index contributed by atoms with van der Waals surface area (Å²) in [6, 6.07) is 19.7. The number of hydrogen-bond acceptors (Lipinski definition) is 4. The van der Waals surface area contributed by atoms with Crippen molar-refractivity contribution in [2.24, 2.45) is 5.92 Å². The summed E-state index contributed by atoms with van der Waals surface area (Å²) >= 11 is 0. The summed E-state index contributed by atoms with van der Waals surface area (Å²) in [5.74, 6) is 1.81. The van der Waals surface area contributed by atoms with E-state index in [1.165, 1.54) is 0 Å². The van der Waals surface area contributed by atoms with Crippen LogP contribution in [-0.4, -0.2) is 17.4 Å². The van der Waals surface area contributed by atoms with Crippen LogP contribution in [0.3, 0.4) is 0 Å². The molecule has 0 aliphatic heterocycles. The first-order chi connectivity index (χ1) is 16.6. The number of Topliss-reactive ketones (excluding diaryl/α,β-unsaturated/α-hetero) is 1. The van der Waals surface area contributed by atoms with E-state index in [9.17, 15) is 4.79 Å². The first-order valence-corrected chi connectivity index (χ1v) is 11.8. The van der Waals surface area contributed by atoms with E-state index < -0.39 is 0 Å². The van der Waals surface area contributed by atoms with Crippen LogP contribution in [0.15, 0.2) is 97.1 Å². The van der Waals surface area contributed by atoms with E-state index in [4.69, 9.17) is 9.47 Å². The number of fused-ring (bicyclic) bond motifs is 1. The minimum atomic E-state index is 0.0608. The van der Waals surface area contributed by atoms with Crippen molar-refractivity contribution in [3.8, 4) is 11.5 Å².